The minimum atomic E-state index is -1.11. The van der Waals surface area contributed by atoms with Crippen LogP contribution in [0.5, 0.6) is 11.5 Å². The second kappa shape index (κ2) is 5.21. The fourth-order valence-corrected chi connectivity index (χ4v) is 2.09. The Bertz CT molecular complexity index is 535. The highest BCUT2D eigenvalue weighted by Gasteiger charge is 2.48. The van der Waals surface area contributed by atoms with E-state index in [1.165, 1.54) is 12.1 Å². The third kappa shape index (κ3) is 2.23. The van der Waals surface area contributed by atoms with E-state index in [2.05, 4.69) is 11.2 Å². The zero-order valence-corrected chi connectivity index (χ0v) is 10.6. The number of hydrogen-bond donors (Lipinski definition) is 2. The molecule has 1 unspecified atom stereocenters. The van der Waals surface area contributed by atoms with Gasteiger partial charge in [-0.25, -0.2) is 4.79 Å². The van der Waals surface area contributed by atoms with Crippen LogP contribution < -0.4 is 10.1 Å². The molecule has 0 radical (unpaired) electrons. The molecule has 100 valence electrons. The number of ether oxygens (including phenoxy) is 2. The minimum absolute atomic E-state index is 0.0790. The highest BCUT2D eigenvalue weighted by Crippen LogP contribution is 2.39. The zero-order chi connectivity index (χ0) is 13.9. The van der Waals surface area contributed by atoms with Crippen LogP contribution in [0.25, 0.3) is 0 Å². The number of hydrogen-bond acceptors (Lipinski definition) is 5. The Morgan fingerprint density at radius 2 is 2.47 bits per heavy atom. The van der Waals surface area contributed by atoms with Gasteiger partial charge in [0.15, 0.2) is 5.54 Å². The third-order valence-corrected chi connectivity index (χ3v) is 2.99. The fourth-order valence-electron chi connectivity index (χ4n) is 2.09. The largest absolute Gasteiger partial charge is 0.508 e. The Hall–Kier alpha value is -2.19. The Morgan fingerprint density at radius 1 is 1.68 bits per heavy atom. The number of benzene rings is 1. The summed E-state index contributed by atoms with van der Waals surface area (Å²) in [7, 11) is 0. The molecule has 0 amide bonds. The van der Waals surface area contributed by atoms with Gasteiger partial charge in [0.25, 0.3) is 0 Å². The molecule has 0 saturated carbocycles. The lowest BCUT2D eigenvalue weighted by atomic mass is 9.92. The van der Waals surface area contributed by atoms with Crippen LogP contribution in [0.2, 0.25) is 0 Å². The van der Waals surface area contributed by atoms with Crippen LogP contribution in [0, 0.1) is 12.3 Å². The quantitative estimate of drug-likeness (QED) is 0.619. The topological polar surface area (TPSA) is 67.8 Å². The molecule has 1 aromatic carbocycles. The lowest BCUT2D eigenvalue weighted by molar-refractivity contribution is -0.152. The Kier molecular flexibility index (Phi) is 3.63. The Balaban J connectivity index is 2.42. The number of nitrogens with one attached hydrogen (secondary N) is 1. The van der Waals surface area contributed by atoms with E-state index in [9.17, 15) is 9.90 Å². The number of esters is 1. The maximum Gasteiger partial charge on any atom is 0.334 e. The zero-order valence-electron chi connectivity index (χ0n) is 10.6. The van der Waals surface area contributed by atoms with Crippen LogP contribution in [-0.2, 0) is 15.1 Å². The molecule has 19 heavy (non-hydrogen) atoms. The summed E-state index contributed by atoms with van der Waals surface area (Å²) in [6.07, 6.45) is 5.24. The Labute approximate surface area is 111 Å². The molecule has 5 heteroatoms. The fraction of sp³-hybridized carbons (Fsp3) is 0.357. The van der Waals surface area contributed by atoms with Gasteiger partial charge in [0.2, 0.25) is 0 Å². The van der Waals surface area contributed by atoms with E-state index in [4.69, 9.17) is 15.9 Å². The average molecular weight is 261 g/mol. The van der Waals surface area contributed by atoms with Crippen molar-refractivity contribution in [1.82, 2.24) is 5.32 Å². The molecule has 5 nitrogen and oxygen atoms in total. The van der Waals surface area contributed by atoms with E-state index < -0.39 is 11.5 Å². The van der Waals surface area contributed by atoms with E-state index >= 15 is 0 Å². The lowest BCUT2D eigenvalue weighted by Crippen LogP contribution is -2.51. The summed E-state index contributed by atoms with van der Waals surface area (Å²) in [6, 6.07) is 4.60. The summed E-state index contributed by atoms with van der Waals surface area (Å²) in [5.41, 5.74) is -0.482. The average Bonchev–Trinajstić information content (AvgIpc) is 2.76. The summed E-state index contributed by atoms with van der Waals surface area (Å²) in [5.74, 6) is 2.53. The van der Waals surface area contributed by atoms with Crippen LogP contribution in [0.1, 0.15) is 12.5 Å². The summed E-state index contributed by atoms with van der Waals surface area (Å²) in [5, 5.41) is 12.4. The second-order valence-corrected chi connectivity index (χ2v) is 4.15. The molecule has 0 aliphatic carbocycles. The molecule has 1 heterocycles. The molecule has 0 aromatic heterocycles. The SMILES string of the molecule is C#CCNC1(C(=O)OCC)COc2cc(O)ccc21. The summed E-state index contributed by atoms with van der Waals surface area (Å²) < 4.78 is 10.6. The molecule has 2 rings (SSSR count). The Morgan fingerprint density at radius 3 is 3.16 bits per heavy atom. The molecule has 0 bridgehead atoms. The summed E-state index contributed by atoms with van der Waals surface area (Å²) in [4.78, 5) is 12.2. The van der Waals surface area contributed by atoms with Crippen molar-refractivity contribution in [3.63, 3.8) is 0 Å². The van der Waals surface area contributed by atoms with Gasteiger partial charge in [0, 0.05) is 11.6 Å². The molecule has 0 saturated heterocycles. The van der Waals surface area contributed by atoms with Gasteiger partial charge in [-0.15, -0.1) is 6.42 Å². The smallest absolute Gasteiger partial charge is 0.334 e. The number of fused-ring (bicyclic) bond motifs is 1. The normalized spacial score (nSPS) is 20.2. The number of rotatable bonds is 4. The van der Waals surface area contributed by atoms with Crippen molar-refractivity contribution in [1.29, 1.82) is 0 Å². The first-order valence-electron chi connectivity index (χ1n) is 5.96. The number of carbonyl (C=O) groups is 1. The summed E-state index contributed by atoms with van der Waals surface area (Å²) >= 11 is 0. The van der Waals surface area contributed by atoms with Crippen molar-refractivity contribution in [3.05, 3.63) is 23.8 Å². The highest BCUT2D eigenvalue weighted by atomic mass is 16.5. The van der Waals surface area contributed by atoms with Gasteiger partial charge in [-0.2, -0.15) is 0 Å². The van der Waals surface area contributed by atoms with Gasteiger partial charge in [-0.05, 0) is 19.1 Å². The highest BCUT2D eigenvalue weighted by molar-refractivity contribution is 5.85. The van der Waals surface area contributed by atoms with Gasteiger partial charge < -0.3 is 14.6 Å². The van der Waals surface area contributed by atoms with Gasteiger partial charge >= 0.3 is 5.97 Å². The first-order valence-corrected chi connectivity index (χ1v) is 5.96. The van der Waals surface area contributed by atoms with Gasteiger partial charge in [-0.1, -0.05) is 5.92 Å². The maximum atomic E-state index is 12.2. The van der Waals surface area contributed by atoms with Gasteiger partial charge in [-0.3, -0.25) is 5.32 Å². The number of aromatic hydroxyl groups is 1. The molecule has 1 aliphatic rings. The van der Waals surface area contributed by atoms with Crippen LogP contribution in [0.15, 0.2) is 18.2 Å². The van der Waals surface area contributed by atoms with Crippen LogP contribution in [0.4, 0.5) is 0 Å². The summed E-state index contributed by atoms with van der Waals surface area (Å²) in [6.45, 7) is 2.31. The van der Waals surface area contributed by atoms with Crippen molar-refractivity contribution >= 4 is 5.97 Å². The van der Waals surface area contributed by atoms with Crippen molar-refractivity contribution < 1.29 is 19.4 Å². The van der Waals surface area contributed by atoms with E-state index in [0.717, 1.165) is 0 Å². The monoisotopic (exact) mass is 261 g/mol. The minimum Gasteiger partial charge on any atom is -0.508 e. The number of terminal acetylenes is 1. The van der Waals surface area contributed by atoms with Gasteiger partial charge in [0.05, 0.1) is 13.2 Å². The van der Waals surface area contributed by atoms with Crippen molar-refractivity contribution in [2.45, 2.75) is 12.5 Å². The van der Waals surface area contributed by atoms with E-state index in [-0.39, 0.29) is 25.5 Å². The van der Waals surface area contributed by atoms with Crippen LogP contribution >= 0.6 is 0 Å². The molecule has 0 spiro atoms. The maximum absolute atomic E-state index is 12.2. The van der Waals surface area contributed by atoms with E-state index in [0.29, 0.717) is 11.3 Å². The molecule has 1 aliphatic heterocycles. The van der Waals surface area contributed by atoms with Crippen molar-refractivity contribution in [3.8, 4) is 23.8 Å². The number of phenolic OH excluding ortho intramolecular Hbond substituents is 1. The first kappa shape index (κ1) is 13.2. The third-order valence-electron chi connectivity index (χ3n) is 2.99. The predicted molar refractivity (Wildman–Crippen MR) is 68.7 cm³/mol. The molecule has 1 aromatic rings. The lowest BCUT2D eigenvalue weighted by Gasteiger charge is -2.26. The van der Waals surface area contributed by atoms with E-state index in [1.807, 2.05) is 0 Å². The number of carbonyl (C=O) groups excluding carboxylic acids is 1. The van der Waals surface area contributed by atoms with E-state index in [1.54, 1.807) is 13.0 Å². The molecular formula is C14H15NO4. The van der Waals surface area contributed by atoms with Crippen LogP contribution in [0.3, 0.4) is 0 Å². The van der Waals surface area contributed by atoms with Gasteiger partial charge in [0.1, 0.15) is 18.1 Å². The second-order valence-electron chi connectivity index (χ2n) is 4.15. The standard InChI is InChI=1S/C14H15NO4/c1-3-7-15-14(13(17)18-4-2)9-19-12-8-10(16)5-6-11(12)14/h1,5-6,8,15-16H,4,7,9H2,2H3. The molecule has 0 fully saturated rings. The van der Waals surface area contributed by atoms with Crippen molar-refractivity contribution in [2.24, 2.45) is 0 Å². The molecule has 2 N–H and O–H groups in total. The first-order chi connectivity index (χ1) is 9.14. The number of phenols is 1. The van der Waals surface area contributed by atoms with Crippen LogP contribution in [-0.4, -0.2) is 30.8 Å². The van der Waals surface area contributed by atoms with Crippen molar-refractivity contribution in [2.75, 3.05) is 19.8 Å². The molecule has 1 atom stereocenters. The predicted octanol–water partition coefficient (Wildman–Crippen LogP) is 0.766. The molecular weight excluding hydrogens is 246 g/mol.